The van der Waals surface area contributed by atoms with E-state index in [2.05, 4.69) is 0 Å². The van der Waals surface area contributed by atoms with Crippen LogP contribution < -0.4 is 0 Å². The molecule has 0 bridgehead atoms. The number of rotatable bonds is 7. The van der Waals surface area contributed by atoms with Crippen LogP contribution in [0.4, 0.5) is 17.6 Å². The van der Waals surface area contributed by atoms with E-state index in [4.69, 9.17) is 9.84 Å². The first kappa shape index (κ1) is 17.6. The van der Waals surface area contributed by atoms with Crippen molar-refractivity contribution in [2.24, 2.45) is 10.8 Å². The highest BCUT2D eigenvalue weighted by molar-refractivity contribution is 4.97. The molecular weight excluding hydrogens is 252 g/mol. The first-order valence-electron chi connectivity index (χ1n) is 5.78. The van der Waals surface area contributed by atoms with Gasteiger partial charge >= 0.3 is 0 Å². The Morgan fingerprint density at radius 2 is 1.56 bits per heavy atom. The lowest BCUT2D eigenvalue weighted by molar-refractivity contribution is -0.240. The molecule has 0 saturated heterocycles. The Balaban J connectivity index is 4.85. The summed E-state index contributed by atoms with van der Waals surface area (Å²) < 4.78 is 58.7. The average molecular weight is 274 g/mol. The molecule has 0 aromatic rings. The Kier molecular flexibility index (Phi) is 5.62. The van der Waals surface area contributed by atoms with Gasteiger partial charge in [0.2, 0.25) is 6.43 Å². The normalized spacial score (nSPS) is 16.2. The monoisotopic (exact) mass is 274 g/mol. The smallest absolute Gasteiger partial charge is 0.265 e. The zero-order valence-electron chi connectivity index (χ0n) is 11.4. The molecule has 0 aromatic carbocycles. The van der Waals surface area contributed by atoms with Gasteiger partial charge < -0.3 is 9.84 Å². The molecule has 0 amide bonds. The van der Waals surface area contributed by atoms with Gasteiger partial charge in [0.25, 0.3) is 5.92 Å². The molecular formula is C12H22F4O2. The minimum absolute atomic E-state index is 0.103. The maximum absolute atomic E-state index is 14.1. The van der Waals surface area contributed by atoms with Crippen molar-refractivity contribution < 1.29 is 27.4 Å². The van der Waals surface area contributed by atoms with Crippen LogP contribution in [0.5, 0.6) is 0 Å². The highest BCUT2D eigenvalue weighted by Gasteiger charge is 2.61. The van der Waals surface area contributed by atoms with Crippen LogP contribution in [0.25, 0.3) is 0 Å². The number of aliphatic hydroxyl groups is 1. The summed E-state index contributed by atoms with van der Waals surface area (Å²) >= 11 is 0. The number of aliphatic hydroxyl groups excluding tert-OH is 1. The van der Waals surface area contributed by atoms with Crippen molar-refractivity contribution in [1.82, 2.24) is 0 Å². The molecule has 0 radical (unpaired) electrons. The molecule has 0 heterocycles. The Bertz CT molecular complexity index is 263. The molecule has 0 aliphatic rings. The van der Waals surface area contributed by atoms with E-state index in [0.29, 0.717) is 0 Å². The summed E-state index contributed by atoms with van der Waals surface area (Å²) in [5.41, 5.74) is -4.19. The Morgan fingerprint density at radius 3 is 1.89 bits per heavy atom. The van der Waals surface area contributed by atoms with E-state index in [9.17, 15) is 17.6 Å². The second kappa shape index (κ2) is 5.74. The number of hydrogen-bond acceptors (Lipinski definition) is 2. The van der Waals surface area contributed by atoms with Crippen LogP contribution in [0.3, 0.4) is 0 Å². The van der Waals surface area contributed by atoms with Gasteiger partial charge in [-0.3, -0.25) is 0 Å². The lowest BCUT2D eigenvalue weighted by atomic mass is 9.71. The molecule has 0 aromatic heterocycles. The minimum atomic E-state index is -3.60. The predicted octanol–water partition coefficient (Wildman–Crippen LogP) is 3.34. The first-order chi connectivity index (χ1) is 7.86. The Morgan fingerprint density at radius 1 is 1.11 bits per heavy atom. The third kappa shape index (κ3) is 3.57. The van der Waals surface area contributed by atoms with E-state index in [1.807, 2.05) is 0 Å². The van der Waals surface area contributed by atoms with Gasteiger partial charge in [0.15, 0.2) is 0 Å². The van der Waals surface area contributed by atoms with Crippen LogP contribution in [0.2, 0.25) is 0 Å². The summed E-state index contributed by atoms with van der Waals surface area (Å²) in [5.74, 6) is -3.60. The first-order valence-corrected chi connectivity index (χ1v) is 5.78. The van der Waals surface area contributed by atoms with Crippen LogP contribution in [0.1, 0.15) is 34.6 Å². The van der Waals surface area contributed by atoms with Gasteiger partial charge in [0.05, 0.1) is 30.1 Å². The Labute approximate surface area is 105 Å². The summed E-state index contributed by atoms with van der Waals surface area (Å²) in [6, 6.07) is 0. The molecule has 6 heteroatoms. The molecule has 0 aliphatic heterocycles. The van der Waals surface area contributed by atoms with Crippen LogP contribution >= 0.6 is 0 Å². The molecule has 18 heavy (non-hydrogen) atoms. The summed E-state index contributed by atoms with van der Waals surface area (Å²) in [6.07, 6.45) is -3.92. The molecule has 0 fully saturated rings. The molecule has 0 saturated carbocycles. The van der Waals surface area contributed by atoms with Crippen molar-refractivity contribution in [3.05, 3.63) is 0 Å². The standard InChI is InChI=1S/C12H22F4O2/c1-8(17)6-18-7-10(2,3)12(15,16)11(4,5)9(13)14/h8-9,17H,6-7H2,1-5H3. The molecule has 1 atom stereocenters. The van der Waals surface area contributed by atoms with Crippen molar-refractivity contribution in [2.75, 3.05) is 13.2 Å². The van der Waals surface area contributed by atoms with E-state index < -0.39 is 35.9 Å². The lowest BCUT2D eigenvalue weighted by Crippen LogP contribution is -2.53. The van der Waals surface area contributed by atoms with Crippen LogP contribution in [-0.2, 0) is 4.74 Å². The second-order valence-electron chi connectivity index (χ2n) is 5.84. The van der Waals surface area contributed by atoms with Gasteiger partial charge in [-0.1, -0.05) is 13.8 Å². The van der Waals surface area contributed by atoms with Crippen molar-refractivity contribution >= 4 is 0 Å². The van der Waals surface area contributed by atoms with E-state index in [1.54, 1.807) is 0 Å². The fraction of sp³-hybridized carbons (Fsp3) is 1.00. The second-order valence-corrected chi connectivity index (χ2v) is 5.84. The zero-order valence-corrected chi connectivity index (χ0v) is 11.4. The average Bonchev–Trinajstić information content (AvgIpc) is 2.15. The highest BCUT2D eigenvalue weighted by atomic mass is 19.3. The lowest BCUT2D eigenvalue weighted by Gasteiger charge is -2.43. The number of alkyl halides is 4. The summed E-state index contributed by atoms with van der Waals surface area (Å²) in [6.45, 7) is 4.99. The van der Waals surface area contributed by atoms with E-state index >= 15 is 0 Å². The van der Waals surface area contributed by atoms with Gasteiger partial charge in [-0.25, -0.2) is 17.6 Å². The van der Waals surface area contributed by atoms with Gasteiger partial charge in [0.1, 0.15) is 0 Å². The molecule has 0 rings (SSSR count). The van der Waals surface area contributed by atoms with Crippen molar-refractivity contribution in [3.8, 4) is 0 Å². The molecule has 0 aliphatic carbocycles. The van der Waals surface area contributed by atoms with Gasteiger partial charge in [-0.05, 0) is 20.8 Å². The predicted molar refractivity (Wildman–Crippen MR) is 61.0 cm³/mol. The fourth-order valence-corrected chi connectivity index (χ4v) is 1.58. The maximum atomic E-state index is 14.1. The van der Waals surface area contributed by atoms with Crippen LogP contribution in [0, 0.1) is 10.8 Å². The summed E-state index contributed by atoms with van der Waals surface area (Å²) in [5, 5.41) is 8.97. The number of hydrogen-bond donors (Lipinski definition) is 1. The van der Waals surface area contributed by atoms with E-state index in [0.717, 1.165) is 13.8 Å². The van der Waals surface area contributed by atoms with Crippen LogP contribution in [-0.4, -0.2) is 36.8 Å². The van der Waals surface area contributed by atoms with Crippen LogP contribution in [0.15, 0.2) is 0 Å². The fourth-order valence-electron chi connectivity index (χ4n) is 1.58. The molecule has 2 nitrogen and oxygen atoms in total. The topological polar surface area (TPSA) is 29.5 Å². The third-order valence-electron chi connectivity index (χ3n) is 3.03. The highest BCUT2D eigenvalue weighted by Crippen LogP contribution is 2.51. The van der Waals surface area contributed by atoms with Gasteiger partial charge in [-0.15, -0.1) is 0 Å². The van der Waals surface area contributed by atoms with Crippen molar-refractivity contribution in [3.63, 3.8) is 0 Å². The van der Waals surface area contributed by atoms with Crippen molar-refractivity contribution in [1.29, 1.82) is 0 Å². The number of ether oxygens (including phenoxy) is 1. The van der Waals surface area contributed by atoms with Gasteiger partial charge in [-0.2, -0.15) is 0 Å². The quantitative estimate of drug-likeness (QED) is 0.721. The Hall–Kier alpha value is -0.360. The third-order valence-corrected chi connectivity index (χ3v) is 3.03. The van der Waals surface area contributed by atoms with E-state index in [-0.39, 0.29) is 6.61 Å². The minimum Gasteiger partial charge on any atom is -0.391 e. The summed E-state index contributed by atoms with van der Waals surface area (Å²) in [4.78, 5) is 0. The number of halogens is 4. The molecule has 1 unspecified atom stereocenters. The molecule has 1 N–H and O–H groups in total. The molecule has 110 valence electrons. The maximum Gasteiger partial charge on any atom is 0.265 e. The SMILES string of the molecule is CC(O)COCC(C)(C)C(F)(F)C(C)(C)C(F)F. The zero-order chi connectivity index (χ0) is 14.8. The largest absolute Gasteiger partial charge is 0.391 e. The van der Waals surface area contributed by atoms with Gasteiger partial charge in [0, 0.05) is 0 Å². The van der Waals surface area contributed by atoms with Crippen molar-refractivity contribution in [2.45, 2.75) is 53.1 Å². The van der Waals surface area contributed by atoms with E-state index in [1.165, 1.54) is 20.8 Å². The summed E-state index contributed by atoms with van der Waals surface area (Å²) in [7, 11) is 0. The molecule has 0 spiro atoms.